The molecule has 0 bridgehead atoms. The molecule has 4 aromatic rings. The van der Waals surface area contributed by atoms with Crippen molar-refractivity contribution in [1.29, 1.82) is 0 Å². The van der Waals surface area contributed by atoms with E-state index in [1.54, 1.807) is 13.0 Å². The van der Waals surface area contributed by atoms with Crippen molar-refractivity contribution in [3.05, 3.63) is 52.0 Å². The van der Waals surface area contributed by atoms with Gasteiger partial charge in [-0.1, -0.05) is 6.07 Å². The molecule has 4 heterocycles. The number of thiophene rings is 1. The van der Waals surface area contributed by atoms with E-state index in [2.05, 4.69) is 15.1 Å². The SMILES string of the molecule is Cc1cc(O)c(-c2ccnc3nc(-c4cccs4)nn23)c(=O)o1. The van der Waals surface area contributed by atoms with Crippen molar-refractivity contribution in [2.45, 2.75) is 6.92 Å². The Kier molecular flexibility index (Phi) is 2.98. The quantitative estimate of drug-likeness (QED) is 0.608. The van der Waals surface area contributed by atoms with Crippen molar-refractivity contribution in [1.82, 2.24) is 19.6 Å². The lowest BCUT2D eigenvalue weighted by Crippen LogP contribution is -2.08. The van der Waals surface area contributed by atoms with Gasteiger partial charge in [-0.25, -0.2) is 9.78 Å². The van der Waals surface area contributed by atoms with Crippen LogP contribution < -0.4 is 5.63 Å². The molecule has 8 heteroatoms. The summed E-state index contributed by atoms with van der Waals surface area (Å²) < 4.78 is 6.50. The highest BCUT2D eigenvalue weighted by atomic mass is 32.1. The van der Waals surface area contributed by atoms with Crippen LogP contribution >= 0.6 is 11.3 Å². The van der Waals surface area contributed by atoms with Crippen molar-refractivity contribution < 1.29 is 9.52 Å². The van der Waals surface area contributed by atoms with Crippen molar-refractivity contribution >= 4 is 17.1 Å². The summed E-state index contributed by atoms with van der Waals surface area (Å²) in [4.78, 5) is 21.5. The molecule has 4 aromatic heterocycles. The van der Waals surface area contributed by atoms with Gasteiger partial charge in [-0.15, -0.1) is 16.4 Å². The summed E-state index contributed by atoms with van der Waals surface area (Å²) >= 11 is 1.51. The van der Waals surface area contributed by atoms with Crippen LogP contribution in [0.15, 0.2) is 45.1 Å². The van der Waals surface area contributed by atoms with E-state index < -0.39 is 5.63 Å². The normalized spacial score (nSPS) is 11.2. The molecule has 114 valence electrons. The number of nitrogens with zero attached hydrogens (tertiary/aromatic N) is 4. The second-order valence-electron chi connectivity index (χ2n) is 4.86. The molecule has 0 amide bonds. The number of aryl methyl sites for hydroxylation is 1. The zero-order chi connectivity index (χ0) is 16.0. The lowest BCUT2D eigenvalue weighted by Gasteiger charge is -2.05. The fraction of sp³-hybridized carbons (Fsp3) is 0.0667. The molecule has 23 heavy (non-hydrogen) atoms. The molecule has 0 unspecified atom stereocenters. The maximum Gasteiger partial charge on any atom is 0.349 e. The van der Waals surface area contributed by atoms with Crippen LogP contribution in [0.2, 0.25) is 0 Å². The summed E-state index contributed by atoms with van der Waals surface area (Å²) in [6.07, 6.45) is 1.51. The molecular weight excluding hydrogens is 316 g/mol. The average Bonchev–Trinajstić information content (AvgIpc) is 3.15. The second-order valence-corrected chi connectivity index (χ2v) is 5.81. The Labute approximate surface area is 133 Å². The zero-order valence-electron chi connectivity index (χ0n) is 11.9. The number of fused-ring (bicyclic) bond motifs is 1. The van der Waals surface area contributed by atoms with Gasteiger partial charge in [0.05, 0.1) is 10.6 Å². The van der Waals surface area contributed by atoms with E-state index in [9.17, 15) is 9.90 Å². The van der Waals surface area contributed by atoms with E-state index in [0.717, 1.165) is 4.88 Å². The Hall–Kier alpha value is -3.00. The van der Waals surface area contributed by atoms with Gasteiger partial charge in [0.25, 0.3) is 5.78 Å². The number of rotatable bonds is 2. The third kappa shape index (κ3) is 2.20. The lowest BCUT2D eigenvalue weighted by atomic mass is 10.2. The first-order chi connectivity index (χ1) is 11.1. The van der Waals surface area contributed by atoms with Crippen LogP contribution in [0.1, 0.15) is 5.76 Å². The Bertz CT molecular complexity index is 1070. The van der Waals surface area contributed by atoms with Crippen molar-refractivity contribution in [3.63, 3.8) is 0 Å². The predicted molar refractivity (Wildman–Crippen MR) is 84.5 cm³/mol. The number of aromatic nitrogens is 4. The van der Waals surface area contributed by atoms with Gasteiger partial charge in [0.15, 0.2) is 5.82 Å². The van der Waals surface area contributed by atoms with E-state index in [1.807, 2.05) is 17.5 Å². The van der Waals surface area contributed by atoms with Gasteiger partial charge in [0.2, 0.25) is 0 Å². The van der Waals surface area contributed by atoms with Crippen LogP contribution in [0.4, 0.5) is 0 Å². The van der Waals surface area contributed by atoms with Gasteiger partial charge in [-0.05, 0) is 24.4 Å². The summed E-state index contributed by atoms with van der Waals surface area (Å²) in [5.41, 5.74) is -0.231. The van der Waals surface area contributed by atoms with Crippen LogP contribution in [0.3, 0.4) is 0 Å². The van der Waals surface area contributed by atoms with E-state index in [-0.39, 0.29) is 11.3 Å². The van der Waals surface area contributed by atoms with Crippen molar-refractivity contribution in [2.75, 3.05) is 0 Å². The molecule has 0 atom stereocenters. The summed E-state index contributed by atoms with van der Waals surface area (Å²) in [6, 6.07) is 6.78. The zero-order valence-corrected chi connectivity index (χ0v) is 12.7. The maximum absolute atomic E-state index is 12.1. The minimum absolute atomic E-state index is 0.0330. The number of hydrogen-bond acceptors (Lipinski definition) is 7. The van der Waals surface area contributed by atoms with E-state index >= 15 is 0 Å². The van der Waals surface area contributed by atoms with Gasteiger partial charge < -0.3 is 9.52 Å². The molecule has 0 aliphatic carbocycles. The van der Waals surface area contributed by atoms with Crippen LogP contribution in [0, 0.1) is 6.92 Å². The fourth-order valence-corrected chi connectivity index (χ4v) is 2.98. The summed E-state index contributed by atoms with van der Waals surface area (Å²) in [5.74, 6) is 1.01. The van der Waals surface area contributed by atoms with E-state index in [1.165, 1.54) is 28.1 Å². The Morgan fingerprint density at radius 3 is 2.96 bits per heavy atom. The van der Waals surface area contributed by atoms with Crippen LogP contribution in [-0.4, -0.2) is 24.7 Å². The highest BCUT2D eigenvalue weighted by Crippen LogP contribution is 2.27. The smallest absolute Gasteiger partial charge is 0.349 e. The first kappa shape index (κ1) is 13.6. The predicted octanol–water partition coefficient (Wildman–Crippen LogP) is 2.49. The van der Waals surface area contributed by atoms with Gasteiger partial charge in [0.1, 0.15) is 17.1 Å². The third-order valence-electron chi connectivity index (χ3n) is 3.29. The molecular formula is C15H10N4O3S. The molecule has 0 aliphatic heterocycles. The molecule has 4 rings (SSSR count). The minimum atomic E-state index is -0.636. The molecule has 0 fully saturated rings. The first-order valence-corrected chi connectivity index (χ1v) is 7.61. The highest BCUT2D eigenvalue weighted by Gasteiger charge is 2.18. The summed E-state index contributed by atoms with van der Waals surface area (Å²) in [5, 5.41) is 16.5. The second kappa shape index (κ2) is 5.03. The molecule has 0 aliphatic rings. The Balaban J connectivity index is 2.00. The van der Waals surface area contributed by atoms with Crippen molar-refractivity contribution in [3.8, 4) is 27.7 Å². The first-order valence-electron chi connectivity index (χ1n) is 6.73. The molecule has 0 aromatic carbocycles. The number of hydrogen-bond donors (Lipinski definition) is 1. The average molecular weight is 326 g/mol. The van der Waals surface area contributed by atoms with Crippen LogP contribution in [0.25, 0.3) is 27.7 Å². The van der Waals surface area contributed by atoms with Gasteiger partial charge in [0, 0.05) is 12.3 Å². The minimum Gasteiger partial charge on any atom is -0.507 e. The third-order valence-corrected chi connectivity index (χ3v) is 4.16. The largest absolute Gasteiger partial charge is 0.507 e. The molecule has 0 spiro atoms. The Morgan fingerprint density at radius 1 is 1.35 bits per heavy atom. The van der Waals surface area contributed by atoms with E-state index in [4.69, 9.17) is 4.42 Å². The molecule has 0 radical (unpaired) electrons. The van der Waals surface area contributed by atoms with Crippen molar-refractivity contribution in [2.24, 2.45) is 0 Å². The summed E-state index contributed by atoms with van der Waals surface area (Å²) in [6.45, 7) is 1.59. The molecule has 7 nitrogen and oxygen atoms in total. The van der Waals surface area contributed by atoms with E-state index in [0.29, 0.717) is 23.1 Å². The van der Waals surface area contributed by atoms with Gasteiger partial charge in [-0.3, -0.25) is 0 Å². The fourth-order valence-electron chi connectivity index (χ4n) is 2.33. The van der Waals surface area contributed by atoms with Crippen LogP contribution in [-0.2, 0) is 0 Å². The number of aromatic hydroxyl groups is 1. The Morgan fingerprint density at radius 2 is 2.22 bits per heavy atom. The molecule has 1 N–H and O–H groups in total. The maximum atomic E-state index is 12.1. The molecule has 0 saturated carbocycles. The van der Waals surface area contributed by atoms with Gasteiger partial charge >= 0.3 is 5.63 Å². The monoisotopic (exact) mass is 326 g/mol. The van der Waals surface area contributed by atoms with Gasteiger partial charge in [-0.2, -0.15) is 9.50 Å². The highest BCUT2D eigenvalue weighted by molar-refractivity contribution is 7.13. The van der Waals surface area contributed by atoms with Crippen LogP contribution in [0.5, 0.6) is 5.75 Å². The lowest BCUT2D eigenvalue weighted by molar-refractivity contribution is 0.437. The molecule has 0 saturated heterocycles. The standard InChI is InChI=1S/C15H10N4O3S/c1-8-7-10(20)12(14(21)22-8)9-4-5-16-15-17-13(18-19(9)15)11-3-2-6-23-11/h2-7,20H,1H3. The topological polar surface area (TPSA) is 93.5 Å². The summed E-state index contributed by atoms with van der Waals surface area (Å²) in [7, 11) is 0.